The Kier molecular flexibility index (Phi) is 4.41. The molecule has 2 fully saturated rings. The molecule has 2 heterocycles. The Morgan fingerprint density at radius 2 is 2.04 bits per heavy atom. The number of hydrogen-bond acceptors (Lipinski definition) is 3. The van der Waals surface area contributed by atoms with Crippen LogP contribution in [0.1, 0.15) is 56.6 Å². The van der Waals surface area contributed by atoms with Crippen molar-refractivity contribution in [1.82, 2.24) is 19.8 Å². The maximum absolute atomic E-state index is 12.6. The third-order valence-electron chi connectivity index (χ3n) is 5.18. The molecule has 0 bridgehead atoms. The number of amides is 2. The summed E-state index contributed by atoms with van der Waals surface area (Å²) in [6.45, 7) is 7.36. The lowest BCUT2D eigenvalue weighted by Gasteiger charge is -2.39. The van der Waals surface area contributed by atoms with Crippen molar-refractivity contribution in [1.29, 1.82) is 0 Å². The molecule has 126 valence electrons. The first-order chi connectivity index (χ1) is 10.9. The number of nitrogens with one attached hydrogen (secondary N) is 1. The number of carbonyl (C=O) groups excluding carboxylic acids is 2. The molecule has 1 unspecified atom stereocenters. The van der Waals surface area contributed by atoms with E-state index in [1.54, 1.807) is 13.3 Å². The molecule has 0 spiro atoms. The first-order valence-electron chi connectivity index (χ1n) is 8.54. The van der Waals surface area contributed by atoms with Gasteiger partial charge < -0.3 is 14.8 Å². The molecule has 1 aromatic rings. The molecule has 1 aromatic heterocycles. The van der Waals surface area contributed by atoms with E-state index in [2.05, 4.69) is 24.1 Å². The number of hydrogen-bond donors (Lipinski definition) is 1. The van der Waals surface area contributed by atoms with Gasteiger partial charge in [-0.25, -0.2) is 4.98 Å². The second-order valence-electron chi connectivity index (χ2n) is 7.23. The van der Waals surface area contributed by atoms with Crippen molar-refractivity contribution in [3.8, 4) is 0 Å². The molecule has 1 aliphatic carbocycles. The van der Waals surface area contributed by atoms with Crippen molar-refractivity contribution in [2.75, 3.05) is 13.1 Å². The summed E-state index contributed by atoms with van der Waals surface area (Å²) in [5, 5.41) is 2.97. The van der Waals surface area contributed by atoms with Crippen molar-refractivity contribution < 1.29 is 9.59 Å². The van der Waals surface area contributed by atoms with Gasteiger partial charge in [-0.2, -0.15) is 0 Å². The molecule has 6 nitrogen and oxygen atoms in total. The molecule has 1 saturated carbocycles. The van der Waals surface area contributed by atoms with Crippen LogP contribution in [0.25, 0.3) is 0 Å². The Hall–Kier alpha value is -1.85. The molecule has 1 atom stereocenters. The van der Waals surface area contributed by atoms with Crippen LogP contribution in [0, 0.1) is 11.8 Å². The van der Waals surface area contributed by atoms with E-state index in [-0.39, 0.29) is 11.8 Å². The van der Waals surface area contributed by atoms with Gasteiger partial charge in [0.15, 0.2) is 0 Å². The van der Waals surface area contributed by atoms with Crippen molar-refractivity contribution in [3.63, 3.8) is 0 Å². The summed E-state index contributed by atoms with van der Waals surface area (Å²) < 4.78 is 1.96. The van der Waals surface area contributed by atoms with E-state index in [9.17, 15) is 9.59 Å². The van der Waals surface area contributed by atoms with Crippen LogP contribution >= 0.6 is 0 Å². The fourth-order valence-corrected chi connectivity index (χ4v) is 3.70. The van der Waals surface area contributed by atoms with Gasteiger partial charge in [0.1, 0.15) is 5.69 Å². The van der Waals surface area contributed by atoms with E-state index in [0.717, 1.165) is 32.4 Å². The van der Waals surface area contributed by atoms with Crippen molar-refractivity contribution in [2.24, 2.45) is 11.8 Å². The van der Waals surface area contributed by atoms with Crippen LogP contribution in [0.5, 0.6) is 0 Å². The number of carbonyl (C=O) groups is 2. The molecule has 2 amide bonds. The van der Waals surface area contributed by atoms with E-state index in [0.29, 0.717) is 29.6 Å². The number of rotatable bonds is 4. The fourth-order valence-electron chi connectivity index (χ4n) is 3.70. The second-order valence-corrected chi connectivity index (χ2v) is 7.23. The minimum absolute atomic E-state index is 0.0460. The smallest absolute Gasteiger partial charge is 0.274 e. The normalized spacial score (nSPS) is 27.1. The molecule has 1 N–H and O–H groups in total. The van der Waals surface area contributed by atoms with E-state index < -0.39 is 0 Å². The van der Waals surface area contributed by atoms with Crippen LogP contribution in [0.4, 0.5) is 0 Å². The van der Waals surface area contributed by atoms with Crippen LogP contribution in [-0.4, -0.2) is 45.4 Å². The Morgan fingerprint density at radius 3 is 2.65 bits per heavy atom. The molecule has 6 heteroatoms. The van der Waals surface area contributed by atoms with Gasteiger partial charge in [-0.1, -0.05) is 0 Å². The first kappa shape index (κ1) is 16.0. The van der Waals surface area contributed by atoms with Gasteiger partial charge in [0, 0.05) is 38.3 Å². The van der Waals surface area contributed by atoms with Gasteiger partial charge in [-0.05, 0) is 44.9 Å². The largest absolute Gasteiger partial charge is 0.354 e. The van der Waals surface area contributed by atoms with E-state index in [4.69, 9.17) is 0 Å². The lowest BCUT2D eigenvalue weighted by Crippen LogP contribution is -2.46. The first-order valence-corrected chi connectivity index (χ1v) is 8.54. The fraction of sp³-hybridized carbons (Fsp3) is 0.706. The molecular formula is C17H26N4O2. The summed E-state index contributed by atoms with van der Waals surface area (Å²) in [7, 11) is 0. The predicted molar refractivity (Wildman–Crippen MR) is 87.0 cm³/mol. The molecule has 2 aliphatic rings. The Bertz CT molecular complexity index is 589. The third kappa shape index (κ3) is 3.41. The lowest BCUT2D eigenvalue weighted by atomic mass is 9.72. The summed E-state index contributed by atoms with van der Waals surface area (Å²) in [6, 6.07) is 0.653. The van der Waals surface area contributed by atoms with E-state index in [1.165, 1.54) is 0 Å². The zero-order chi connectivity index (χ0) is 16.6. The highest BCUT2D eigenvalue weighted by molar-refractivity contribution is 5.92. The van der Waals surface area contributed by atoms with E-state index >= 15 is 0 Å². The van der Waals surface area contributed by atoms with Crippen LogP contribution < -0.4 is 5.32 Å². The summed E-state index contributed by atoms with van der Waals surface area (Å²) in [4.78, 5) is 29.8. The Labute approximate surface area is 137 Å². The van der Waals surface area contributed by atoms with Gasteiger partial charge in [-0.15, -0.1) is 0 Å². The number of aromatic nitrogens is 2. The predicted octanol–water partition coefficient (Wildman–Crippen LogP) is 1.84. The molecule has 3 rings (SSSR count). The maximum atomic E-state index is 12.6. The topological polar surface area (TPSA) is 67.2 Å². The maximum Gasteiger partial charge on any atom is 0.274 e. The minimum atomic E-state index is 0.0460. The van der Waals surface area contributed by atoms with Gasteiger partial charge in [0.25, 0.3) is 5.91 Å². The summed E-state index contributed by atoms with van der Waals surface area (Å²) >= 11 is 0. The van der Waals surface area contributed by atoms with Gasteiger partial charge in [-0.3, -0.25) is 9.59 Å². The van der Waals surface area contributed by atoms with Crippen molar-refractivity contribution in [2.45, 2.75) is 52.1 Å². The minimum Gasteiger partial charge on any atom is -0.354 e. The van der Waals surface area contributed by atoms with Crippen LogP contribution in [0.2, 0.25) is 0 Å². The van der Waals surface area contributed by atoms with Crippen molar-refractivity contribution >= 4 is 11.8 Å². The second kappa shape index (κ2) is 6.34. The molecule has 0 aromatic carbocycles. The average molecular weight is 318 g/mol. The van der Waals surface area contributed by atoms with Crippen LogP contribution in [-0.2, 0) is 4.79 Å². The highest BCUT2D eigenvalue weighted by atomic mass is 16.2. The third-order valence-corrected chi connectivity index (χ3v) is 5.18. The number of likely N-dealkylation sites (tertiary alicyclic amines) is 1. The molecule has 0 radical (unpaired) electrons. The zero-order valence-corrected chi connectivity index (χ0v) is 14.2. The number of imidazole rings is 1. The quantitative estimate of drug-likeness (QED) is 0.921. The summed E-state index contributed by atoms with van der Waals surface area (Å²) in [5.41, 5.74) is 0.545. The highest BCUT2D eigenvalue weighted by Crippen LogP contribution is 2.38. The lowest BCUT2D eigenvalue weighted by molar-refractivity contribution is -0.120. The zero-order valence-electron chi connectivity index (χ0n) is 14.2. The molecular weight excluding hydrogens is 292 g/mol. The van der Waals surface area contributed by atoms with Crippen LogP contribution in [0.15, 0.2) is 12.5 Å². The Morgan fingerprint density at radius 1 is 1.30 bits per heavy atom. The molecule has 1 saturated heterocycles. The van der Waals surface area contributed by atoms with Gasteiger partial charge >= 0.3 is 0 Å². The molecule has 1 aliphatic heterocycles. The molecule has 23 heavy (non-hydrogen) atoms. The van der Waals surface area contributed by atoms with Crippen LogP contribution in [0.3, 0.4) is 0 Å². The SMILES string of the molecule is CC(=O)NC1CC(C2CCN(C(=O)c3cn(C(C)C)cn3)C2)C1. The Balaban J connectivity index is 1.51. The summed E-state index contributed by atoms with van der Waals surface area (Å²) in [5.74, 6) is 1.30. The number of nitrogens with zero attached hydrogens (tertiary/aromatic N) is 3. The highest BCUT2D eigenvalue weighted by Gasteiger charge is 2.39. The van der Waals surface area contributed by atoms with E-state index in [1.807, 2.05) is 15.7 Å². The van der Waals surface area contributed by atoms with Gasteiger partial charge in [0.05, 0.1) is 6.33 Å². The summed E-state index contributed by atoms with van der Waals surface area (Å²) in [6.07, 6.45) is 6.74. The average Bonchev–Trinajstić information content (AvgIpc) is 3.10. The standard InChI is InChI=1S/C17H26N4O2/c1-11(2)21-9-16(18-10-21)17(23)20-5-4-13(8-20)14-6-15(7-14)19-12(3)22/h9-11,13-15H,4-8H2,1-3H3,(H,19,22). The van der Waals surface area contributed by atoms with Gasteiger partial charge in [0.2, 0.25) is 5.91 Å². The monoisotopic (exact) mass is 318 g/mol. The van der Waals surface area contributed by atoms with Crippen molar-refractivity contribution in [3.05, 3.63) is 18.2 Å².